The molecule has 0 aliphatic carbocycles. The number of nitrogens with one attached hydrogen (secondary N) is 2. The average Bonchev–Trinajstić information content (AvgIpc) is 2.81. The van der Waals surface area contributed by atoms with Crippen LogP contribution >= 0.6 is 11.3 Å². The van der Waals surface area contributed by atoms with Crippen LogP contribution in [0.3, 0.4) is 0 Å². The van der Waals surface area contributed by atoms with Crippen molar-refractivity contribution in [3.8, 4) is 0 Å². The highest BCUT2D eigenvalue weighted by atomic mass is 32.1. The highest BCUT2D eigenvalue weighted by Crippen LogP contribution is 2.23. The number of aromatic nitrogens is 3. The van der Waals surface area contributed by atoms with Gasteiger partial charge >= 0.3 is 5.69 Å². The summed E-state index contributed by atoms with van der Waals surface area (Å²) in [5.74, 6) is 5.40. The molecule has 10 heteroatoms. The van der Waals surface area contributed by atoms with Crippen LogP contribution < -0.4 is 16.6 Å². The Hall–Kier alpha value is -2.33. The van der Waals surface area contributed by atoms with Gasteiger partial charge < -0.3 is 5.32 Å². The van der Waals surface area contributed by atoms with Crippen LogP contribution in [-0.2, 0) is 6.54 Å². The molecule has 2 aromatic rings. The van der Waals surface area contributed by atoms with E-state index in [1.54, 1.807) is 5.51 Å². The third-order valence-electron chi connectivity index (χ3n) is 2.36. The molecule has 100 valence electrons. The summed E-state index contributed by atoms with van der Waals surface area (Å²) < 4.78 is 0. The van der Waals surface area contributed by atoms with Crippen molar-refractivity contribution in [2.45, 2.75) is 13.5 Å². The lowest BCUT2D eigenvalue weighted by Gasteiger charge is -2.06. The fourth-order valence-electron chi connectivity index (χ4n) is 1.37. The zero-order valence-corrected chi connectivity index (χ0v) is 10.8. The van der Waals surface area contributed by atoms with Crippen LogP contribution in [-0.4, -0.2) is 19.9 Å². The first-order valence-electron chi connectivity index (χ1n) is 5.22. The Labute approximate surface area is 112 Å². The summed E-state index contributed by atoms with van der Waals surface area (Å²) in [7, 11) is 0. The van der Waals surface area contributed by atoms with Crippen molar-refractivity contribution >= 4 is 28.8 Å². The van der Waals surface area contributed by atoms with Crippen molar-refractivity contribution in [2.24, 2.45) is 5.84 Å². The van der Waals surface area contributed by atoms with Crippen molar-refractivity contribution in [1.82, 2.24) is 15.0 Å². The van der Waals surface area contributed by atoms with Gasteiger partial charge in [0.15, 0.2) is 0 Å². The summed E-state index contributed by atoms with van der Waals surface area (Å²) >= 11 is 1.47. The SMILES string of the molecule is Cc1ncsc1CNc1nc(NN)ncc1[N+](=O)[O-]. The Morgan fingerprint density at radius 1 is 1.53 bits per heavy atom. The molecule has 4 N–H and O–H groups in total. The van der Waals surface area contributed by atoms with Gasteiger partial charge in [-0.05, 0) is 6.92 Å². The second-order valence-corrected chi connectivity index (χ2v) is 4.48. The molecule has 0 saturated carbocycles. The minimum absolute atomic E-state index is 0.106. The van der Waals surface area contributed by atoms with Crippen LogP contribution in [0, 0.1) is 17.0 Å². The smallest absolute Gasteiger partial charge is 0.329 e. The first-order chi connectivity index (χ1) is 9.11. The summed E-state index contributed by atoms with van der Waals surface area (Å²) in [6.07, 6.45) is 1.10. The van der Waals surface area contributed by atoms with Gasteiger partial charge in [-0.1, -0.05) is 0 Å². The summed E-state index contributed by atoms with van der Waals surface area (Å²) in [6.45, 7) is 2.27. The quantitative estimate of drug-likeness (QED) is 0.421. The number of rotatable bonds is 5. The zero-order valence-electron chi connectivity index (χ0n) is 9.95. The standard InChI is InChI=1S/C9H11N7O2S/c1-5-7(19-4-13-5)3-11-8-6(16(17)18)2-12-9(14-8)15-10/h2,4H,3,10H2,1H3,(H2,11,12,14,15). The molecule has 2 rings (SSSR count). The first kappa shape index (κ1) is 13.1. The fraction of sp³-hybridized carbons (Fsp3) is 0.222. The van der Waals surface area contributed by atoms with Crippen LogP contribution in [0.1, 0.15) is 10.6 Å². The maximum atomic E-state index is 10.9. The van der Waals surface area contributed by atoms with Crippen LogP contribution in [0.2, 0.25) is 0 Å². The predicted octanol–water partition coefficient (Wildman–Crippen LogP) is 1.05. The summed E-state index contributed by atoms with van der Waals surface area (Å²) in [6, 6.07) is 0. The molecule has 0 saturated heterocycles. The lowest BCUT2D eigenvalue weighted by molar-refractivity contribution is -0.384. The van der Waals surface area contributed by atoms with E-state index in [2.05, 4.69) is 25.7 Å². The number of nitro groups is 1. The molecular weight excluding hydrogens is 270 g/mol. The number of thiazole rings is 1. The molecule has 0 atom stereocenters. The van der Waals surface area contributed by atoms with E-state index in [1.165, 1.54) is 11.3 Å². The minimum Gasteiger partial charge on any atom is -0.359 e. The molecule has 0 radical (unpaired) electrons. The highest BCUT2D eigenvalue weighted by molar-refractivity contribution is 7.09. The zero-order chi connectivity index (χ0) is 13.8. The molecule has 2 aromatic heterocycles. The van der Waals surface area contributed by atoms with Gasteiger partial charge in [-0.15, -0.1) is 11.3 Å². The maximum absolute atomic E-state index is 10.9. The lowest BCUT2D eigenvalue weighted by atomic mass is 10.4. The molecule has 19 heavy (non-hydrogen) atoms. The third-order valence-corrected chi connectivity index (χ3v) is 3.29. The van der Waals surface area contributed by atoms with Crippen LogP contribution in [0.25, 0.3) is 0 Å². The normalized spacial score (nSPS) is 10.2. The van der Waals surface area contributed by atoms with E-state index < -0.39 is 4.92 Å². The summed E-state index contributed by atoms with van der Waals surface area (Å²) in [4.78, 5) is 23.0. The summed E-state index contributed by atoms with van der Waals surface area (Å²) in [5, 5.41) is 13.8. The van der Waals surface area contributed by atoms with Gasteiger partial charge in [0, 0.05) is 4.88 Å². The van der Waals surface area contributed by atoms with E-state index >= 15 is 0 Å². The van der Waals surface area contributed by atoms with Gasteiger partial charge in [0.05, 0.1) is 22.7 Å². The van der Waals surface area contributed by atoms with Gasteiger partial charge in [0.25, 0.3) is 0 Å². The van der Waals surface area contributed by atoms with E-state index in [-0.39, 0.29) is 17.5 Å². The fourth-order valence-corrected chi connectivity index (χ4v) is 2.09. The molecule has 0 aliphatic rings. The summed E-state index contributed by atoms with van der Waals surface area (Å²) in [5.41, 5.74) is 4.63. The molecule has 0 amide bonds. The number of hydrazine groups is 1. The van der Waals surface area contributed by atoms with Crippen LogP contribution in [0.4, 0.5) is 17.5 Å². The highest BCUT2D eigenvalue weighted by Gasteiger charge is 2.17. The molecule has 9 nitrogen and oxygen atoms in total. The van der Waals surface area contributed by atoms with E-state index in [0.29, 0.717) is 6.54 Å². The van der Waals surface area contributed by atoms with Gasteiger partial charge in [-0.25, -0.2) is 15.8 Å². The number of nitrogen functional groups attached to an aromatic ring is 1. The Morgan fingerprint density at radius 2 is 2.32 bits per heavy atom. The maximum Gasteiger partial charge on any atom is 0.329 e. The largest absolute Gasteiger partial charge is 0.359 e. The monoisotopic (exact) mass is 281 g/mol. The molecule has 0 bridgehead atoms. The average molecular weight is 281 g/mol. The van der Waals surface area contributed by atoms with E-state index in [0.717, 1.165) is 16.8 Å². The Bertz CT molecular complexity index is 600. The number of nitrogens with two attached hydrogens (primary N) is 1. The number of anilines is 2. The Balaban J connectivity index is 2.22. The molecule has 0 spiro atoms. The lowest BCUT2D eigenvalue weighted by Crippen LogP contribution is -2.13. The third kappa shape index (κ3) is 2.92. The molecular formula is C9H11N7O2S. The second kappa shape index (κ2) is 5.54. The minimum atomic E-state index is -0.553. The van der Waals surface area contributed by atoms with E-state index in [4.69, 9.17) is 5.84 Å². The first-order valence-corrected chi connectivity index (χ1v) is 6.10. The van der Waals surface area contributed by atoms with Crippen molar-refractivity contribution < 1.29 is 4.92 Å². The van der Waals surface area contributed by atoms with Crippen LogP contribution in [0.15, 0.2) is 11.7 Å². The molecule has 0 aromatic carbocycles. The number of aryl methyl sites for hydroxylation is 1. The molecule has 0 unspecified atom stereocenters. The Morgan fingerprint density at radius 3 is 2.89 bits per heavy atom. The number of hydrogen-bond donors (Lipinski definition) is 3. The molecule has 0 aliphatic heterocycles. The topological polar surface area (TPSA) is 132 Å². The molecule has 0 fully saturated rings. The van der Waals surface area contributed by atoms with Crippen molar-refractivity contribution in [1.29, 1.82) is 0 Å². The predicted molar refractivity (Wildman–Crippen MR) is 70.7 cm³/mol. The second-order valence-electron chi connectivity index (χ2n) is 3.54. The van der Waals surface area contributed by atoms with Gasteiger partial charge in [0.2, 0.25) is 11.8 Å². The van der Waals surface area contributed by atoms with Crippen LogP contribution in [0.5, 0.6) is 0 Å². The van der Waals surface area contributed by atoms with Crippen molar-refractivity contribution in [3.63, 3.8) is 0 Å². The molecule has 2 heterocycles. The van der Waals surface area contributed by atoms with E-state index in [1.807, 2.05) is 6.92 Å². The van der Waals surface area contributed by atoms with Gasteiger partial charge in [-0.2, -0.15) is 4.98 Å². The van der Waals surface area contributed by atoms with Gasteiger partial charge in [0.1, 0.15) is 6.20 Å². The van der Waals surface area contributed by atoms with E-state index in [9.17, 15) is 10.1 Å². The Kier molecular flexibility index (Phi) is 3.82. The number of nitrogens with zero attached hydrogens (tertiary/aromatic N) is 4. The number of hydrogen-bond acceptors (Lipinski definition) is 9. The van der Waals surface area contributed by atoms with Crippen molar-refractivity contribution in [2.75, 3.05) is 10.7 Å². The van der Waals surface area contributed by atoms with Crippen molar-refractivity contribution in [3.05, 3.63) is 32.4 Å². The van der Waals surface area contributed by atoms with Gasteiger partial charge in [-0.3, -0.25) is 15.5 Å².